The summed E-state index contributed by atoms with van der Waals surface area (Å²) in [4.78, 5) is 16.9. The second-order valence-electron chi connectivity index (χ2n) is 7.16. The Balaban J connectivity index is 2.04. The highest BCUT2D eigenvalue weighted by Gasteiger charge is 2.16. The molecule has 25 heavy (non-hydrogen) atoms. The molecule has 1 saturated carbocycles. The van der Waals surface area contributed by atoms with Gasteiger partial charge < -0.3 is 4.98 Å². The summed E-state index contributed by atoms with van der Waals surface area (Å²) in [5.74, 6) is 0.851. The van der Waals surface area contributed by atoms with Crippen LogP contribution in [0.2, 0.25) is 0 Å². The van der Waals surface area contributed by atoms with Gasteiger partial charge in [0, 0.05) is 21.7 Å². The lowest BCUT2D eigenvalue weighted by molar-refractivity contribution is 0.687. The van der Waals surface area contributed by atoms with Crippen LogP contribution in [0.3, 0.4) is 0 Å². The van der Waals surface area contributed by atoms with Gasteiger partial charge in [0.15, 0.2) is 0 Å². The number of thioether (sulfide) groups is 1. The van der Waals surface area contributed by atoms with Crippen LogP contribution >= 0.6 is 11.8 Å². The first-order valence-electron chi connectivity index (χ1n) is 9.18. The average Bonchev–Trinajstić information content (AvgIpc) is 3.12. The number of rotatable bonds is 5. The van der Waals surface area contributed by atoms with E-state index >= 15 is 0 Å². The maximum absolute atomic E-state index is 12.5. The molecule has 2 nitrogen and oxygen atoms in total. The number of pyridine rings is 1. The van der Waals surface area contributed by atoms with E-state index in [2.05, 4.69) is 61.5 Å². The van der Waals surface area contributed by atoms with E-state index in [1.54, 1.807) is 11.8 Å². The Hall–Kier alpha value is -1.74. The zero-order chi connectivity index (χ0) is 17.8. The number of nitrogens with one attached hydrogen (secondary N) is 1. The van der Waals surface area contributed by atoms with Crippen LogP contribution in [0, 0.1) is 5.92 Å². The molecule has 0 spiro atoms. The number of hydrogen-bond acceptors (Lipinski definition) is 2. The second-order valence-corrected chi connectivity index (χ2v) is 8.04. The summed E-state index contributed by atoms with van der Waals surface area (Å²) in [6, 6.07) is 12.7. The van der Waals surface area contributed by atoms with E-state index in [0.717, 1.165) is 16.8 Å². The van der Waals surface area contributed by atoms with Crippen molar-refractivity contribution in [2.75, 3.05) is 6.26 Å². The lowest BCUT2D eigenvalue weighted by Crippen LogP contribution is -2.15. The lowest BCUT2D eigenvalue weighted by atomic mass is 9.95. The van der Waals surface area contributed by atoms with Gasteiger partial charge in [0.25, 0.3) is 5.56 Å². The molecule has 0 amide bonds. The third-order valence-electron chi connectivity index (χ3n) is 5.06. The van der Waals surface area contributed by atoms with E-state index in [-0.39, 0.29) is 11.5 Å². The smallest absolute Gasteiger partial charge is 0.251 e. The lowest BCUT2D eigenvalue weighted by Gasteiger charge is -2.13. The molecule has 0 atom stereocenters. The molecule has 0 aliphatic heterocycles. The Morgan fingerprint density at radius 3 is 2.36 bits per heavy atom. The summed E-state index contributed by atoms with van der Waals surface area (Å²) in [6.45, 7) is 4.11. The highest BCUT2D eigenvalue weighted by atomic mass is 32.2. The van der Waals surface area contributed by atoms with Gasteiger partial charge in [0.1, 0.15) is 0 Å². The highest BCUT2D eigenvalue weighted by molar-refractivity contribution is 7.98. The minimum absolute atomic E-state index is 0.0329. The van der Waals surface area contributed by atoms with Gasteiger partial charge in [0.2, 0.25) is 0 Å². The van der Waals surface area contributed by atoms with Crippen molar-refractivity contribution < 1.29 is 0 Å². The van der Waals surface area contributed by atoms with Gasteiger partial charge in [-0.2, -0.15) is 0 Å². The standard InChI is InChI=1S/C22H27NOS/c1-15(2)19-12-13-21(23-22(19)24)20(14-16-6-4-5-7-16)17-8-10-18(25-3)11-9-17/h8-16H,4-7H2,1-3H3,(H,23,24). The first-order valence-corrected chi connectivity index (χ1v) is 10.4. The van der Waals surface area contributed by atoms with Crippen LogP contribution in [0.25, 0.3) is 5.57 Å². The van der Waals surface area contributed by atoms with Gasteiger partial charge in [-0.25, -0.2) is 0 Å². The minimum atomic E-state index is 0.0329. The zero-order valence-corrected chi connectivity index (χ0v) is 16.2. The van der Waals surface area contributed by atoms with Gasteiger partial charge >= 0.3 is 0 Å². The molecule has 3 heteroatoms. The van der Waals surface area contributed by atoms with Gasteiger partial charge in [-0.1, -0.05) is 51.0 Å². The van der Waals surface area contributed by atoms with Crippen LogP contribution in [-0.2, 0) is 0 Å². The van der Waals surface area contributed by atoms with Gasteiger partial charge in [0.05, 0.1) is 0 Å². The summed E-state index contributed by atoms with van der Waals surface area (Å²) < 4.78 is 0. The fourth-order valence-electron chi connectivity index (χ4n) is 3.57. The van der Waals surface area contributed by atoms with E-state index in [1.807, 2.05) is 6.07 Å². The summed E-state index contributed by atoms with van der Waals surface area (Å²) in [6.07, 6.45) is 9.58. The molecule has 0 unspecified atom stereocenters. The molecule has 1 aliphatic carbocycles. The van der Waals surface area contributed by atoms with Crippen LogP contribution in [0.5, 0.6) is 0 Å². The quantitative estimate of drug-likeness (QED) is 0.685. The molecular formula is C22H27NOS. The topological polar surface area (TPSA) is 32.9 Å². The number of hydrogen-bond donors (Lipinski definition) is 1. The molecule has 1 heterocycles. The fraction of sp³-hybridized carbons (Fsp3) is 0.409. The van der Waals surface area contributed by atoms with Crippen LogP contribution < -0.4 is 5.56 Å². The first-order chi connectivity index (χ1) is 12.1. The summed E-state index contributed by atoms with van der Waals surface area (Å²) in [7, 11) is 0. The largest absolute Gasteiger partial charge is 0.322 e. The van der Waals surface area contributed by atoms with E-state index < -0.39 is 0 Å². The monoisotopic (exact) mass is 353 g/mol. The Morgan fingerprint density at radius 2 is 1.80 bits per heavy atom. The van der Waals surface area contributed by atoms with Gasteiger partial charge in [-0.15, -0.1) is 11.8 Å². The Morgan fingerprint density at radius 1 is 1.12 bits per heavy atom. The number of allylic oxidation sites excluding steroid dienone is 1. The van der Waals surface area contributed by atoms with Gasteiger partial charge in [-0.3, -0.25) is 4.79 Å². The van der Waals surface area contributed by atoms with Crippen molar-refractivity contribution in [1.82, 2.24) is 4.98 Å². The molecule has 1 aliphatic rings. The van der Waals surface area contributed by atoms with Crippen molar-refractivity contribution in [2.45, 2.75) is 50.3 Å². The number of aromatic nitrogens is 1. The third kappa shape index (κ3) is 4.27. The van der Waals surface area contributed by atoms with Crippen molar-refractivity contribution in [3.05, 3.63) is 69.6 Å². The first kappa shape index (κ1) is 18.1. The van der Waals surface area contributed by atoms with Crippen LogP contribution in [0.4, 0.5) is 0 Å². The normalized spacial score (nSPS) is 15.9. The number of H-pyrrole nitrogens is 1. The molecule has 1 N–H and O–H groups in total. The van der Waals surface area contributed by atoms with Crippen molar-refractivity contribution >= 4 is 17.3 Å². The fourth-order valence-corrected chi connectivity index (χ4v) is 3.98. The van der Waals surface area contributed by atoms with Crippen molar-refractivity contribution in [2.24, 2.45) is 5.92 Å². The Bertz CT molecular complexity index is 796. The average molecular weight is 354 g/mol. The molecule has 3 rings (SSSR count). The summed E-state index contributed by atoms with van der Waals surface area (Å²) >= 11 is 1.75. The van der Waals surface area contributed by atoms with Crippen LogP contribution in [0.1, 0.15) is 62.3 Å². The van der Waals surface area contributed by atoms with E-state index in [1.165, 1.54) is 36.1 Å². The summed E-state index contributed by atoms with van der Waals surface area (Å²) in [5, 5.41) is 0. The molecule has 0 bridgehead atoms. The molecule has 132 valence electrons. The predicted octanol–water partition coefficient (Wildman–Crippen LogP) is 5.84. The van der Waals surface area contributed by atoms with Gasteiger partial charge in [-0.05, 0) is 54.7 Å². The van der Waals surface area contributed by atoms with Crippen molar-refractivity contribution in [3.63, 3.8) is 0 Å². The van der Waals surface area contributed by atoms with E-state index in [0.29, 0.717) is 5.92 Å². The SMILES string of the molecule is CSc1ccc(C(=CC2CCCC2)c2ccc(C(C)C)c(=O)[nH]2)cc1. The Labute approximate surface area is 154 Å². The second kappa shape index (κ2) is 8.09. The minimum Gasteiger partial charge on any atom is -0.322 e. The van der Waals surface area contributed by atoms with Crippen molar-refractivity contribution in [3.8, 4) is 0 Å². The summed E-state index contributed by atoms with van der Waals surface area (Å²) in [5.41, 5.74) is 4.15. The maximum Gasteiger partial charge on any atom is 0.251 e. The number of benzene rings is 1. The molecular weight excluding hydrogens is 326 g/mol. The molecule has 2 aromatic rings. The van der Waals surface area contributed by atoms with Crippen LogP contribution in [0.15, 0.2) is 52.2 Å². The number of aromatic amines is 1. The zero-order valence-electron chi connectivity index (χ0n) is 15.3. The molecule has 1 fully saturated rings. The maximum atomic E-state index is 12.5. The van der Waals surface area contributed by atoms with E-state index in [4.69, 9.17) is 0 Å². The Kier molecular flexibility index (Phi) is 5.85. The molecule has 0 saturated heterocycles. The molecule has 1 aromatic heterocycles. The van der Waals surface area contributed by atoms with Crippen molar-refractivity contribution in [1.29, 1.82) is 0 Å². The predicted molar refractivity (Wildman–Crippen MR) is 108 cm³/mol. The third-order valence-corrected chi connectivity index (χ3v) is 5.80. The van der Waals surface area contributed by atoms with Crippen LogP contribution in [-0.4, -0.2) is 11.2 Å². The molecule has 0 radical (unpaired) electrons. The highest BCUT2D eigenvalue weighted by Crippen LogP contribution is 2.32. The van der Waals surface area contributed by atoms with E-state index in [9.17, 15) is 4.79 Å². The molecule has 1 aromatic carbocycles.